The van der Waals surface area contributed by atoms with Crippen molar-refractivity contribution in [1.29, 1.82) is 0 Å². The number of alkyl halides is 9. The molecule has 2 saturated heterocycles. The Bertz CT molecular complexity index is 1210. The van der Waals surface area contributed by atoms with Gasteiger partial charge in [-0.05, 0) is 29.7 Å². The Kier molecular flexibility index (Phi) is 5.66. The van der Waals surface area contributed by atoms with Crippen molar-refractivity contribution >= 4 is 23.9 Å². The molecule has 0 spiro atoms. The molecule has 4 atom stereocenters. The van der Waals surface area contributed by atoms with Gasteiger partial charge in [0.25, 0.3) is 0 Å². The van der Waals surface area contributed by atoms with Crippen LogP contribution in [0.3, 0.4) is 0 Å². The third-order valence-corrected chi connectivity index (χ3v) is 6.78. The van der Waals surface area contributed by atoms with E-state index in [1.165, 1.54) is 6.92 Å². The quantitative estimate of drug-likeness (QED) is 0.312. The molecule has 1 aromatic rings. The highest BCUT2D eigenvalue weighted by Gasteiger charge is 2.83. The molecule has 37 heavy (non-hydrogen) atoms. The number of benzene rings is 1. The molecule has 0 N–H and O–H groups in total. The highest BCUT2D eigenvalue weighted by atomic mass is 19.4. The number of fused-ring (bicyclic) bond motifs is 3. The highest BCUT2D eigenvalue weighted by molar-refractivity contribution is 6.01. The number of halogens is 9. The summed E-state index contributed by atoms with van der Waals surface area (Å²) in [7, 11) is 0. The van der Waals surface area contributed by atoms with E-state index in [2.05, 4.69) is 14.2 Å². The first-order valence-electron chi connectivity index (χ1n) is 10.3. The molecule has 0 aromatic heterocycles. The smallest absolute Gasteiger partial charge is 0.428 e. The van der Waals surface area contributed by atoms with Gasteiger partial charge in [0.1, 0.15) is 5.75 Å². The first kappa shape index (κ1) is 26.7. The summed E-state index contributed by atoms with van der Waals surface area (Å²) in [5, 5.41) is 0. The van der Waals surface area contributed by atoms with E-state index >= 15 is 0 Å². The van der Waals surface area contributed by atoms with E-state index < -0.39 is 83.3 Å². The summed E-state index contributed by atoms with van der Waals surface area (Å²) in [6.07, 6.45) is -14.2. The van der Waals surface area contributed by atoms with Crippen LogP contribution in [0.1, 0.15) is 36.8 Å². The van der Waals surface area contributed by atoms with Crippen molar-refractivity contribution in [2.75, 3.05) is 0 Å². The van der Waals surface area contributed by atoms with Crippen molar-refractivity contribution < 1.29 is 72.9 Å². The number of esters is 4. The molecule has 0 saturated carbocycles. The number of carbonyl (C=O) groups excluding carboxylic acids is 4. The van der Waals surface area contributed by atoms with Crippen LogP contribution in [0.4, 0.5) is 39.5 Å². The van der Waals surface area contributed by atoms with Gasteiger partial charge in [-0.15, -0.1) is 0 Å². The Morgan fingerprint density at radius 1 is 0.865 bits per heavy atom. The van der Waals surface area contributed by atoms with Crippen molar-refractivity contribution in [2.24, 2.45) is 11.8 Å². The van der Waals surface area contributed by atoms with Crippen molar-refractivity contribution in [3.8, 4) is 5.75 Å². The van der Waals surface area contributed by atoms with Gasteiger partial charge in [-0.3, -0.25) is 19.2 Å². The zero-order valence-electron chi connectivity index (χ0n) is 18.1. The lowest BCUT2D eigenvalue weighted by atomic mass is 9.58. The third kappa shape index (κ3) is 3.74. The van der Waals surface area contributed by atoms with E-state index in [-0.39, 0.29) is 17.5 Å². The lowest BCUT2D eigenvalue weighted by Crippen LogP contribution is -2.62. The van der Waals surface area contributed by atoms with Crippen LogP contribution < -0.4 is 4.74 Å². The van der Waals surface area contributed by atoms with Gasteiger partial charge in [-0.1, -0.05) is 13.0 Å². The topological polar surface area (TPSA) is 96.0 Å². The lowest BCUT2D eigenvalue weighted by Gasteiger charge is -2.42. The maximum Gasteiger partial charge on any atom is 0.471 e. The molecule has 4 rings (SSSR count). The van der Waals surface area contributed by atoms with Crippen LogP contribution in [0.25, 0.3) is 0 Å². The normalized spacial score (nSPS) is 28.5. The second-order valence-corrected chi connectivity index (χ2v) is 9.01. The van der Waals surface area contributed by atoms with Crippen molar-refractivity contribution in [1.82, 2.24) is 0 Å². The monoisotopic (exact) mass is 548 g/mol. The van der Waals surface area contributed by atoms with Crippen LogP contribution in [-0.4, -0.2) is 48.0 Å². The average molecular weight is 548 g/mol. The summed E-state index contributed by atoms with van der Waals surface area (Å²) in [5.74, 6) is -23.9. The molecule has 16 heteroatoms. The van der Waals surface area contributed by atoms with Gasteiger partial charge in [0, 0.05) is 5.41 Å². The predicted octanol–water partition coefficient (Wildman–Crippen LogP) is 4.03. The van der Waals surface area contributed by atoms with Gasteiger partial charge >= 0.3 is 48.0 Å². The van der Waals surface area contributed by atoms with E-state index in [4.69, 9.17) is 0 Å². The molecular formula is C21H13F9O7. The predicted molar refractivity (Wildman–Crippen MR) is 96.5 cm³/mol. The highest BCUT2D eigenvalue weighted by Crippen LogP contribution is 2.56. The van der Waals surface area contributed by atoms with Crippen LogP contribution in [0.2, 0.25) is 0 Å². The van der Waals surface area contributed by atoms with Gasteiger partial charge in [0.05, 0.1) is 24.2 Å². The summed E-state index contributed by atoms with van der Waals surface area (Å²) < 4.78 is 132. The zero-order valence-corrected chi connectivity index (χ0v) is 18.1. The summed E-state index contributed by atoms with van der Waals surface area (Å²) >= 11 is 0. The molecule has 7 nitrogen and oxygen atoms in total. The fourth-order valence-corrected chi connectivity index (χ4v) is 4.90. The van der Waals surface area contributed by atoms with Crippen molar-refractivity contribution in [3.63, 3.8) is 0 Å². The van der Waals surface area contributed by atoms with E-state index in [0.29, 0.717) is 12.1 Å². The van der Waals surface area contributed by atoms with Crippen LogP contribution in [0.15, 0.2) is 18.2 Å². The first-order chi connectivity index (χ1) is 16.7. The second kappa shape index (κ2) is 7.84. The fraction of sp³-hybridized carbons (Fsp3) is 0.524. The molecule has 1 aromatic carbocycles. The maximum absolute atomic E-state index is 14.0. The summed E-state index contributed by atoms with van der Waals surface area (Å²) in [4.78, 5) is 48.5. The molecular weight excluding hydrogens is 535 g/mol. The number of rotatable bonds is 5. The van der Waals surface area contributed by atoms with Crippen LogP contribution in [0, 0.1) is 11.8 Å². The average Bonchev–Trinajstić information content (AvgIpc) is 3.24. The minimum absolute atomic E-state index is 0.0138. The van der Waals surface area contributed by atoms with Crippen LogP contribution in [-0.2, 0) is 34.1 Å². The minimum Gasteiger partial charge on any atom is -0.428 e. The van der Waals surface area contributed by atoms with E-state index in [9.17, 15) is 58.7 Å². The summed E-state index contributed by atoms with van der Waals surface area (Å²) in [6, 6.07) is 1.86. The van der Waals surface area contributed by atoms with E-state index in [1.807, 2.05) is 0 Å². The number of cyclic esters (lactones) is 4. The standard InChI is InChI=1S/C21H13F9O7/c1-17(11-5-12(31)35-15(11)33)6-9-13(16(34)36-14(9)32)8-4-7(2-3-10(8)17)37-21(29,30)19(24,25)18(22,23)20(26,27)28/h2-4,9,11,13H,5-6H2,1H3. The molecule has 0 bridgehead atoms. The molecule has 0 radical (unpaired) electrons. The maximum atomic E-state index is 14.0. The Balaban J connectivity index is 1.79. The number of hydrogen-bond donors (Lipinski definition) is 0. The fourth-order valence-electron chi connectivity index (χ4n) is 4.90. The molecule has 3 aliphatic rings. The van der Waals surface area contributed by atoms with E-state index in [0.717, 1.165) is 6.07 Å². The Morgan fingerprint density at radius 3 is 2.03 bits per heavy atom. The van der Waals surface area contributed by atoms with Crippen LogP contribution >= 0.6 is 0 Å². The Labute approximate surface area is 199 Å². The third-order valence-electron chi connectivity index (χ3n) is 6.78. The van der Waals surface area contributed by atoms with Crippen LogP contribution in [0.5, 0.6) is 5.75 Å². The molecule has 2 aliphatic heterocycles. The Hall–Kier alpha value is -3.33. The van der Waals surface area contributed by atoms with Crippen molar-refractivity contribution in [2.45, 2.75) is 55.2 Å². The molecule has 0 amide bonds. The SMILES string of the molecule is CC1(C2CC(=O)OC2=O)CC2C(=O)OC(=O)C2c2cc(OC(F)(F)C(F)(F)C(F)(F)C(F)(F)F)ccc21. The molecule has 4 unspecified atom stereocenters. The van der Waals surface area contributed by atoms with Gasteiger partial charge in [-0.2, -0.15) is 39.5 Å². The van der Waals surface area contributed by atoms with Gasteiger partial charge < -0.3 is 14.2 Å². The number of carbonyl (C=O) groups is 4. The number of ether oxygens (including phenoxy) is 3. The van der Waals surface area contributed by atoms with Gasteiger partial charge in [-0.25, -0.2) is 0 Å². The number of hydrogen-bond acceptors (Lipinski definition) is 7. The molecule has 2 heterocycles. The van der Waals surface area contributed by atoms with Crippen molar-refractivity contribution in [3.05, 3.63) is 29.3 Å². The Morgan fingerprint density at radius 2 is 1.49 bits per heavy atom. The minimum atomic E-state index is -7.20. The lowest BCUT2D eigenvalue weighted by molar-refractivity contribution is -0.428. The molecule has 202 valence electrons. The second-order valence-electron chi connectivity index (χ2n) is 9.01. The zero-order chi connectivity index (χ0) is 27.9. The van der Waals surface area contributed by atoms with E-state index in [1.54, 1.807) is 0 Å². The molecule has 2 fully saturated rings. The largest absolute Gasteiger partial charge is 0.471 e. The summed E-state index contributed by atoms with van der Waals surface area (Å²) in [6.45, 7) is 1.37. The van der Waals surface area contributed by atoms with Gasteiger partial charge in [0.2, 0.25) is 0 Å². The first-order valence-corrected chi connectivity index (χ1v) is 10.3. The molecule has 1 aliphatic carbocycles. The summed E-state index contributed by atoms with van der Waals surface area (Å²) in [5.41, 5.74) is -1.86. The van der Waals surface area contributed by atoms with Gasteiger partial charge in [0.15, 0.2) is 0 Å².